The molecule has 1 aromatic heterocycles. The lowest BCUT2D eigenvalue weighted by Gasteiger charge is -2.31. The second-order valence-corrected chi connectivity index (χ2v) is 15.1. The molecule has 242 valence electrons. The first-order valence-electron chi connectivity index (χ1n) is 14.2. The van der Waals surface area contributed by atoms with Gasteiger partial charge in [-0.2, -0.15) is 4.98 Å². The molecule has 45 heavy (non-hydrogen) atoms. The van der Waals surface area contributed by atoms with E-state index >= 15 is 4.39 Å². The van der Waals surface area contributed by atoms with Crippen LogP contribution in [0.1, 0.15) is 67.6 Å². The zero-order valence-electron chi connectivity index (χ0n) is 25.8. The first kappa shape index (κ1) is 34.5. The minimum Gasteiger partial charge on any atom is -0.454 e. The molecule has 1 fully saturated rings. The quantitative estimate of drug-likeness (QED) is 0.191. The van der Waals surface area contributed by atoms with E-state index in [9.17, 15) is 18.9 Å². The maximum Gasteiger partial charge on any atom is 0.475 e. The van der Waals surface area contributed by atoms with Gasteiger partial charge in [0, 0.05) is 11.8 Å². The number of esters is 1. The van der Waals surface area contributed by atoms with Gasteiger partial charge in [0.2, 0.25) is 0 Å². The van der Waals surface area contributed by atoms with Gasteiger partial charge in [0.15, 0.2) is 12.3 Å². The molecule has 0 bridgehead atoms. The zero-order chi connectivity index (χ0) is 33.0. The fourth-order valence-electron chi connectivity index (χ4n) is 4.32. The number of carbonyl (C=O) groups is 2. The van der Waals surface area contributed by atoms with Crippen molar-refractivity contribution in [3.05, 3.63) is 94.5 Å². The van der Waals surface area contributed by atoms with Crippen molar-refractivity contribution in [1.29, 1.82) is 0 Å². The summed E-state index contributed by atoms with van der Waals surface area (Å²) in [6.07, 6.45) is -2.00. The van der Waals surface area contributed by atoms with Crippen molar-refractivity contribution in [1.82, 2.24) is 9.55 Å². The van der Waals surface area contributed by atoms with Crippen LogP contribution in [0.15, 0.2) is 77.7 Å². The van der Waals surface area contributed by atoms with Crippen LogP contribution in [0.2, 0.25) is 0 Å². The lowest BCUT2D eigenvalue weighted by Crippen LogP contribution is -2.37. The first-order chi connectivity index (χ1) is 21.0. The third-order valence-corrected chi connectivity index (χ3v) is 9.60. The lowest BCUT2D eigenvalue weighted by atomic mass is 10.1. The van der Waals surface area contributed by atoms with Gasteiger partial charge in [0.1, 0.15) is 11.2 Å². The molecule has 0 aliphatic carbocycles. The molecule has 0 radical (unpaired) electrons. The topological polar surface area (TPSA) is 135 Å². The molecule has 3 aromatic rings. The lowest BCUT2D eigenvalue weighted by molar-refractivity contribution is -0.0111. The molecular weight excluding hydrogens is 624 g/mol. The van der Waals surface area contributed by atoms with E-state index < -0.39 is 66.1 Å². The summed E-state index contributed by atoms with van der Waals surface area (Å²) in [6, 6.07) is 17.8. The molecule has 1 N–H and O–H groups in total. The minimum absolute atomic E-state index is 0.0185. The van der Waals surface area contributed by atoms with Gasteiger partial charge in [-0.15, -0.1) is 11.8 Å². The summed E-state index contributed by atoms with van der Waals surface area (Å²) >= 11 is 0.951. The molecule has 1 amide bonds. The minimum atomic E-state index is -4.20. The number of phosphoric acid groups is 1. The Morgan fingerprint density at radius 3 is 2.02 bits per heavy atom. The number of alkyl halides is 1. The molecule has 2 aromatic carbocycles. The Morgan fingerprint density at radius 1 is 0.933 bits per heavy atom. The Labute approximate surface area is 265 Å². The highest BCUT2D eigenvalue weighted by Gasteiger charge is 2.50. The van der Waals surface area contributed by atoms with Crippen LogP contribution in [0.4, 0.5) is 10.2 Å². The molecule has 1 unspecified atom stereocenters. The standard InChI is InChI=1S/C31H37FN3O8PS/c1-30(2,3)42-44(39,43-31(4,5)6)40-19-22-25(41-28(37)21-15-11-8-12-16-21)24(32)27(45-22)35-18-17-23(34-29(35)38)33-26(36)20-13-9-7-10-14-20/h7-18,22,24-25,27H,19H2,1-6H3,(H,33,34,36,38)/t22-,24+,25-,27?/m1/s1. The number of nitrogens with zero attached hydrogens (tertiary/aromatic N) is 2. The van der Waals surface area contributed by atoms with Crippen molar-refractivity contribution < 1.29 is 36.9 Å². The molecule has 1 aliphatic rings. The molecule has 4 atom stereocenters. The van der Waals surface area contributed by atoms with Crippen LogP contribution in [0.3, 0.4) is 0 Å². The molecule has 1 aliphatic heterocycles. The Morgan fingerprint density at radius 2 is 1.49 bits per heavy atom. The highest BCUT2D eigenvalue weighted by molar-refractivity contribution is 8.00. The van der Waals surface area contributed by atoms with Crippen molar-refractivity contribution in [2.24, 2.45) is 0 Å². The Balaban J connectivity index is 1.59. The van der Waals surface area contributed by atoms with E-state index in [1.54, 1.807) is 90.1 Å². The number of aromatic nitrogens is 2. The van der Waals surface area contributed by atoms with Crippen molar-refractivity contribution >= 4 is 37.3 Å². The van der Waals surface area contributed by atoms with Crippen LogP contribution in [0, 0.1) is 0 Å². The Bertz CT molecular complexity index is 1570. The van der Waals surface area contributed by atoms with Crippen LogP contribution < -0.4 is 11.0 Å². The molecule has 2 heterocycles. The number of amides is 1. The largest absolute Gasteiger partial charge is 0.475 e. The van der Waals surface area contributed by atoms with Crippen molar-refractivity contribution in [3.8, 4) is 0 Å². The van der Waals surface area contributed by atoms with Crippen LogP contribution >= 0.6 is 19.6 Å². The highest BCUT2D eigenvalue weighted by Crippen LogP contribution is 2.56. The van der Waals surface area contributed by atoms with Gasteiger partial charge in [0.05, 0.1) is 28.6 Å². The van der Waals surface area contributed by atoms with E-state index in [1.807, 2.05) is 0 Å². The molecular formula is C31H37FN3O8PS. The highest BCUT2D eigenvalue weighted by atomic mass is 32.2. The number of thioether (sulfide) groups is 1. The number of hydrogen-bond donors (Lipinski definition) is 1. The maximum atomic E-state index is 16.2. The monoisotopic (exact) mass is 661 g/mol. The van der Waals surface area contributed by atoms with Crippen molar-refractivity contribution in [2.45, 2.75) is 75.6 Å². The number of carbonyl (C=O) groups excluding carboxylic acids is 2. The predicted molar refractivity (Wildman–Crippen MR) is 169 cm³/mol. The smallest absolute Gasteiger partial charge is 0.454 e. The second kappa shape index (κ2) is 14.0. The van der Waals surface area contributed by atoms with Gasteiger partial charge in [-0.3, -0.25) is 22.9 Å². The number of anilines is 1. The molecule has 11 nitrogen and oxygen atoms in total. The average Bonchev–Trinajstić information content (AvgIpc) is 3.25. The molecule has 4 rings (SSSR count). The Hall–Kier alpha value is -3.35. The summed E-state index contributed by atoms with van der Waals surface area (Å²) in [5.41, 5.74) is -2.09. The van der Waals surface area contributed by atoms with E-state index in [0.29, 0.717) is 5.56 Å². The molecule has 0 spiro atoms. The Kier molecular flexibility index (Phi) is 10.7. The number of phosphoric ester groups is 1. The summed E-state index contributed by atoms with van der Waals surface area (Å²) in [4.78, 5) is 42.5. The molecule has 14 heteroatoms. The van der Waals surface area contributed by atoms with Gasteiger partial charge in [-0.05, 0) is 71.9 Å². The number of halogens is 1. The summed E-state index contributed by atoms with van der Waals surface area (Å²) in [5, 5.41) is 0.427. The third-order valence-electron chi connectivity index (χ3n) is 6.07. The van der Waals surface area contributed by atoms with Crippen LogP contribution in [-0.4, -0.2) is 56.8 Å². The van der Waals surface area contributed by atoms with Gasteiger partial charge >= 0.3 is 19.5 Å². The number of hydrogen-bond acceptors (Lipinski definition) is 10. The zero-order valence-corrected chi connectivity index (χ0v) is 27.5. The van der Waals surface area contributed by atoms with Crippen molar-refractivity contribution in [2.75, 3.05) is 11.9 Å². The van der Waals surface area contributed by atoms with Gasteiger partial charge in [-0.25, -0.2) is 18.5 Å². The van der Waals surface area contributed by atoms with Crippen LogP contribution in [-0.2, 0) is 22.9 Å². The molecule has 1 saturated heterocycles. The average molecular weight is 662 g/mol. The molecule has 0 saturated carbocycles. The van der Waals surface area contributed by atoms with Gasteiger partial charge in [0.25, 0.3) is 5.91 Å². The first-order valence-corrected chi connectivity index (χ1v) is 16.6. The summed E-state index contributed by atoms with van der Waals surface area (Å²) in [7, 11) is -4.20. The fraction of sp³-hybridized carbons (Fsp3) is 0.419. The number of benzene rings is 2. The fourth-order valence-corrected chi connectivity index (χ4v) is 7.71. The second-order valence-electron chi connectivity index (χ2n) is 12.2. The van der Waals surface area contributed by atoms with Crippen molar-refractivity contribution in [3.63, 3.8) is 0 Å². The summed E-state index contributed by atoms with van der Waals surface area (Å²) < 4.78 is 53.7. The normalized spacial score (nSPS) is 20.5. The predicted octanol–water partition coefficient (Wildman–Crippen LogP) is 6.43. The number of rotatable bonds is 10. The van der Waals surface area contributed by atoms with E-state index in [4.69, 9.17) is 18.3 Å². The van der Waals surface area contributed by atoms with Crippen LogP contribution in [0.5, 0.6) is 0 Å². The SMILES string of the molecule is CC(C)(C)OP(=O)(OC[C@H]1SC(n2ccc(NC(=O)c3ccccc3)nc2=O)[C@@H](F)[C@@H]1OC(=O)c1ccccc1)OC(C)(C)C. The van der Waals surface area contributed by atoms with E-state index in [1.165, 1.54) is 24.4 Å². The van der Waals surface area contributed by atoms with Gasteiger partial charge in [-0.1, -0.05) is 36.4 Å². The third kappa shape index (κ3) is 9.57. The number of nitrogens with one attached hydrogen (secondary N) is 1. The van der Waals surface area contributed by atoms with E-state index in [-0.39, 0.29) is 11.4 Å². The summed E-state index contributed by atoms with van der Waals surface area (Å²) in [5.74, 6) is -1.27. The van der Waals surface area contributed by atoms with E-state index in [2.05, 4.69) is 10.3 Å². The van der Waals surface area contributed by atoms with Gasteiger partial charge < -0.3 is 10.1 Å². The van der Waals surface area contributed by atoms with E-state index in [0.717, 1.165) is 16.3 Å². The number of ether oxygens (including phenoxy) is 1. The van der Waals surface area contributed by atoms with Crippen LogP contribution in [0.25, 0.3) is 0 Å². The maximum absolute atomic E-state index is 16.2. The summed E-state index contributed by atoms with van der Waals surface area (Å²) in [6.45, 7) is 9.70.